The van der Waals surface area contributed by atoms with Crippen LogP contribution < -0.4 is 5.56 Å². The number of rotatable bonds is 1. The van der Waals surface area contributed by atoms with Crippen molar-refractivity contribution in [3.8, 4) is 5.69 Å². The van der Waals surface area contributed by atoms with Crippen LogP contribution in [0.25, 0.3) is 28.0 Å². The van der Waals surface area contributed by atoms with Crippen molar-refractivity contribution in [1.29, 1.82) is 0 Å². The lowest BCUT2D eigenvalue weighted by molar-refractivity contribution is 0.878. The molecule has 0 aliphatic rings. The molecular formula is C14H10N6O. The summed E-state index contributed by atoms with van der Waals surface area (Å²) in [5.74, 6) is 0. The molecule has 102 valence electrons. The standard InChI is InChI=1S/C14H10N6O/c1-8-10-13(20(19-8)9-5-3-2-4-6-9)18-12-11(17-10)14(21)16-7-15-12/h2-7H,1H3,(H,15,16,18,21). The van der Waals surface area contributed by atoms with E-state index in [0.29, 0.717) is 22.5 Å². The van der Waals surface area contributed by atoms with Gasteiger partial charge in [0.15, 0.2) is 16.8 Å². The van der Waals surface area contributed by atoms with E-state index in [9.17, 15) is 4.79 Å². The van der Waals surface area contributed by atoms with Gasteiger partial charge >= 0.3 is 0 Å². The van der Waals surface area contributed by atoms with Crippen molar-refractivity contribution in [2.45, 2.75) is 6.92 Å². The molecule has 0 bridgehead atoms. The quantitative estimate of drug-likeness (QED) is 0.568. The Morgan fingerprint density at radius 3 is 2.71 bits per heavy atom. The molecule has 4 aromatic rings. The Morgan fingerprint density at radius 2 is 1.90 bits per heavy atom. The third-order valence-corrected chi connectivity index (χ3v) is 3.25. The van der Waals surface area contributed by atoms with Gasteiger partial charge in [0, 0.05) is 0 Å². The summed E-state index contributed by atoms with van der Waals surface area (Å²) in [6.45, 7) is 1.84. The highest BCUT2D eigenvalue weighted by atomic mass is 16.1. The molecule has 7 nitrogen and oxygen atoms in total. The minimum absolute atomic E-state index is 0.223. The predicted molar refractivity (Wildman–Crippen MR) is 77.3 cm³/mol. The second kappa shape index (κ2) is 4.20. The molecular weight excluding hydrogens is 268 g/mol. The monoisotopic (exact) mass is 278 g/mol. The van der Waals surface area contributed by atoms with Gasteiger partial charge in [-0.1, -0.05) is 18.2 Å². The second-order valence-corrected chi connectivity index (χ2v) is 4.63. The molecule has 0 amide bonds. The third kappa shape index (κ3) is 1.71. The SMILES string of the molecule is Cc1nn(-c2ccccc2)c2nc3nc[nH]c(=O)c3nc12. The van der Waals surface area contributed by atoms with Gasteiger partial charge in [0.2, 0.25) is 0 Å². The van der Waals surface area contributed by atoms with Crippen LogP contribution in [-0.4, -0.2) is 29.7 Å². The number of hydrogen-bond acceptors (Lipinski definition) is 5. The fraction of sp³-hybridized carbons (Fsp3) is 0.0714. The van der Waals surface area contributed by atoms with Crippen LogP contribution in [0.1, 0.15) is 5.69 Å². The van der Waals surface area contributed by atoms with Crippen LogP contribution in [0, 0.1) is 6.92 Å². The summed E-state index contributed by atoms with van der Waals surface area (Å²) >= 11 is 0. The highest BCUT2D eigenvalue weighted by Crippen LogP contribution is 2.19. The fourth-order valence-electron chi connectivity index (χ4n) is 2.27. The van der Waals surface area contributed by atoms with Crippen molar-refractivity contribution in [3.63, 3.8) is 0 Å². The fourth-order valence-corrected chi connectivity index (χ4v) is 2.27. The van der Waals surface area contributed by atoms with E-state index in [-0.39, 0.29) is 11.1 Å². The van der Waals surface area contributed by atoms with Gasteiger partial charge in [-0.2, -0.15) is 5.10 Å². The Morgan fingerprint density at radius 1 is 1.10 bits per heavy atom. The minimum atomic E-state index is -0.304. The number of aryl methyl sites for hydroxylation is 1. The zero-order valence-electron chi connectivity index (χ0n) is 11.1. The smallest absolute Gasteiger partial charge is 0.278 e. The number of H-pyrrole nitrogens is 1. The molecule has 0 saturated heterocycles. The van der Waals surface area contributed by atoms with E-state index in [1.807, 2.05) is 37.3 Å². The molecule has 21 heavy (non-hydrogen) atoms. The summed E-state index contributed by atoms with van der Waals surface area (Å²) in [4.78, 5) is 27.2. The normalized spacial score (nSPS) is 11.3. The molecule has 3 heterocycles. The van der Waals surface area contributed by atoms with Crippen LogP contribution in [-0.2, 0) is 0 Å². The largest absolute Gasteiger partial charge is 0.311 e. The van der Waals surface area contributed by atoms with E-state index in [2.05, 4.69) is 25.0 Å². The lowest BCUT2D eigenvalue weighted by Gasteiger charge is -2.02. The summed E-state index contributed by atoms with van der Waals surface area (Å²) in [5, 5.41) is 4.46. The van der Waals surface area contributed by atoms with Crippen molar-refractivity contribution < 1.29 is 0 Å². The van der Waals surface area contributed by atoms with Gasteiger partial charge in [-0.05, 0) is 19.1 Å². The van der Waals surface area contributed by atoms with Crippen LogP contribution in [0.4, 0.5) is 0 Å². The first-order valence-electron chi connectivity index (χ1n) is 6.40. The lowest BCUT2D eigenvalue weighted by atomic mass is 10.3. The zero-order chi connectivity index (χ0) is 14.4. The van der Waals surface area contributed by atoms with E-state index in [0.717, 1.165) is 5.69 Å². The highest BCUT2D eigenvalue weighted by Gasteiger charge is 2.14. The molecule has 0 spiro atoms. The molecule has 4 rings (SSSR count). The number of nitrogens with one attached hydrogen (secondary N) is 1. The molecule has 0 fully saturated rings. The molecule has 1 aromatic carbocycles. The van der Waals surface area contributed by atoms with Crippen LogP contribution in [0.3, 0.4) is 0 Å². The molecule has 0 aliphatic heterocycles. The maximum absolute atomic E-state index is 11.8. The highest BCUT2D eigenvalue weighted by molar-refractivity contribution is 5.84. The van der Waals surface area contributed by atoms with Gasteiger partial charge in [-0.3, -0.25) is 4.79 Å². The first-order chi connectivity index (χ1) is 10.2. The maximum atomic E-state index is 11.8. The Bertz CT molecular complexity index is 1020. The first-order valence-corrected chi connectivity index (χ1v) is 6.40. The molecule has 0 atom stereocenters. The van der Waals surface area contributed by atoms with Gasteiger partial charge in [0.05, 0.1) is 17.7 Å². The van der Waals surface area contributed by atoms with Crippen molar-refractivity contribution in [1.82, 2.24) is 29.7 Å². The van der Waals surface area contributed by atoms with E-state index in [4.69, 9.17) is 0 Å². The van der Waals surface area contributed by atoms with Crippen molar-refractivity contribution in [2.75, 3.05) is 0 Å². The van der Waals surface area contributed by atoms with Crippen LogP contribution in [0.15, 0.2) is 41.5 Å². The Kier molecular flexibility index (Phi) is 2.34. The molecule has 3 aromatic heterocycles. The maximum Gasteiger partial charge on any atom is 0.278 e. The second-order valence-electron chi connectivity index (χ2n) is 4.63. The van der Waals surface area contributed by atoms with Crippen molar-refractivity contribution in [3.05, 3.63) is 52.7 Å². The summed E-state index contributed by atoms with van der Waals surface area (Å²) in [5.41, 5.74) is 3.01. The summed E-state index contributed by atoms with van der Waals surface area (Å²) in [6, 6.07) is 9.65. The average molecular weight is 278 g/mol. The van der Waals surface area contributed by atoms with Gasteiger partial charge < -0.3 is 4.98 Å². The number of para-hydroxylation sites is 1. The molecule has 0 radical (unpaired) electrons. The summed E-state index contributed by atoms with van der Waals surface area (Å²) in [6.07, 6.45) is 1.32. The van der Waals surface area contributed by atoms with Gasteiger partial charge in [-0.15, -0.1) is 0 Å². The van der Waals surface area contributed by atoms with E-state index < -0.39 is 0 Å². The molecule has 0 aliphatic carbocycles. The molecule has 0 saturated carbocycles. The number of aromatic nitrogens is 6. The van der Waals surface area contributed by atoms with Crippen molar-refractivity contribution >= 4 is 22.3 Å². The van der Waals surface area contributed by atoms with E-state index in [1.165, 1.54) is 6.33 Å². The number of benzene rings is 1. The molecule has 7 heteroatoms. The van der Waals surface area contributed by atoms with E-state index in [1.54, 1.807) is 4.68 Å². The zero-order valence-corrected chi connectivity index (χ0v) is 11.1. The van der Waals surface area contributed by atoms with E-state index >= 15 is 0 Å². The Hall–Kier alpha value is -3.09. The molecule has 0 unspecified atom stereocenters. The first kappa shape index (κ1) is 11.7. The third-order valence-electron chi connectivity index (χ3n) is 3.25. The number of aromatic amines is 1. The van der Waals surface area contributed by atoms with Crippen molar-refractivity contribution in [2.24, 2.45) is 0 Å². The topological polar surface area (TPSA) is 89.4 Å². The Labute approximate surface area is 118 Å². The number of hydrogen-bond donors (Lipinski definition) is 1. The average Bonchev–Trinajstić information content (AvgIpc) is 2.84. The molecule has 1 N–H and O–H groups in total. The predicted octanol–water partition coefficient (Wildman–Crippen LogP) is 1.36. The lowest BCUT2D eigenvalue weighted by Crippen LogP contribution is -2.09. The number of nitrogens with zero attached hydrogens (tertiary/aromatic N) is 5. The number of fused-ring (bicyclic) bond motifs is 2. The van der Waals surface area contributed by atoms with Gasteiger partial charge in [0.1, 0.15) is 5.52 Å². The Balaban J connectivity index is 2.13. The summed E-state index contributed by atoms with van der Waals surface area (Å²) in [7, 11) is 0. The summed E-state index contributed by atoms with van der Waals surface area (Å²) < 4.78 is 1.71. The van der Waals surface area contributed by atoms with Crippen LogP contribution >= 0.6 is 0 Å². The van der Waals surface area contributed by atoms with Gasteiger partial charge in [0.25, 0.3) is 5.56 Å². The van der Waals surface area contributed by atoms with Crippen LogP contribution in [0.2, 0.25) is 0 Å². The van der Waals surface area contributed by atoms with Crippen LogP contribution in [0.5, 0.6) is 0 Å². The minimum Gasteiger partial charge on any atom is -0.311 e. The van der Waals surface area contributed by atoms with Gasteiger partial charge in [-0.25, -0.2) is 19.6 Å².